The Hall–Kier alpha value is -0.120. The van der Waals surface area contributed by atoms with Crippen LogP contribution in [-0.4, -0.2) is 49.3 Å². The molecule has 2 heterocycles. The van der Waals surface area contributed by atoms with E-state index in [-0.39, 0.29) is 5.54 Å². The standard InChI is InChI=1S/C12H24N2O/c1-12(2)11(13-3)6-7-14(12)9-10-5-4-8-15-10/h10-11,13H,4-9H2,1-3H3. The molecule has 0 radical (unpaired) electrons. The first-order valence-corrected chi connectivity index (χ1v) is 6.18. The molecule has 2 fully saturated rings. The molecular weight excluding hydrogens is 188 g/mol. The lowest BCUT2D eigenvalue weighted by molar-refractivity contribution is 0.0466. The second kappa shape index (κ2) is 4.40. The lowest BCUT2D eigenvalue weighted by Crippen LogP contribution is -2.51. The summed E-state index contributed by atoms with van der Waals surface area (Å²) in [5.74, 6) is 0. The summed E-state index contributed by atoms with van der Waals surface area (Å²) in [7, 11) is 2.07. The van der Waals surface area contributed by atoms with E-state index in [4.69, 9.17) is 4.74 Å². The third-order valence-corrected chi connectivity index (χ3v) is 4.15. The van der Waals surface area contributed by atoms with E-state index < -0.39 is 0 Å². The van der Waals surface area contributed by atoms with Crippen molar-refractivity contribution in [2.45, 2.75) is 50.8 Å². The highest BCUT2D eigenvalue weighted by atomic mass is 16.5. The van der Waals surface area contributed by atoms with E-state index in [0.29, 0.717) is 12.1 Å². The molecule has 2 saturated heterocycles. The molecule has 15 heavy (non-hydrogen) atoms. The van der Waals surface area contributed by atoms with Gasteiger partial charge in [-0.3, -0.25) is 4.90 Å². The minimum Gasteiger partial charge on any atom is -0.377 e. The highest BCUT2D eigenvalue weighted by molar-refractivity contribution is 5.00. The zero-order valence-corrected chi connectivity index (χ0v) is 10.3. The van der Waals surface area contributed by atoms with Crippen LogP contribution >= 0.6 is 0 Å². The Morgan fingerprint density at radius 1 is 1.40 bits per heavy atom. The minimum atomic E-state index is 0.278. The maximum Gasteiger partial charge on any atom is 0.0703 e. The summed E-state index contributed by atoms with van der Waals surface area (Å²) in [4.78, 5) is 2.59. The second-order valence-electron chi connectivity index (χ2n) is 5.36. The first kappa shape index (κ1) is 11.4. The molecule has 2 aliphatic rings. The van der Waals surface area contributed by atoms with E-state index in [1.807, 2.05) is 0 Å². The molecule has 88 valence electrons. The van der Waals surface area contributed by atoms with Crippen LogP contribution in [0.5, 0.6) is 0 Å². The van der Waals surface area contributed by atoms with Crippen LogP contribution in [0.3, 0.4) is 0 Å². The third kappa shape index (κ3) is 2.19. The number of hydrogen-bond acceptors (Lipinski definition) is 3. The van der Waals surface area contributed by atoms with Gasteiger partial charge in [0.25, 0.3) is 0 Å². The predicted octanol–water partition coefficient (Wildman–Crippen LogP) is 1.24. The van der Waals surface area contributed by atoms with Gasteiger partial charge in [0.2, 0.25) is 0 Å². The highest BCUT2D eigenvalue weighted by Crippen LogP contribution is 2.30. The molecule has 0 saturated carbocycles. The van der Waals surface area contributed by atoms with E-state index in [1.54, 1.807) is 0 Å². The SMILES string of the molecule is CNC1CCN(CC2CCCO2)C1(C)C. The summed E-state index contributed by atoms with van der Waals surface area (Å²) in [5, 5.41) is 3.43. The van der Waals surface area contributed by atoms with Crippen LogP contribution in [0.1, 0.15) is 33.1 Å². The molecule has 2 aliphatic heterocycles. The number of nitrogens with zero attached hydrogens (tertiary/aromatic N) is 1. The number of likely N-dealkylation sites (N-methyl/N-ethyl adjacent to an activating group) is 1. The van der Waals surface area contributed by atoms with Gasteiger partial charge >= 0.3 is 0 Å². The molecule has 0 bridgehead atoms. The van der Waals surface area contributed by atoms with Gasteiger partial charge in [-0.1, -0.05) is 0 Å². The van der Waals surface area contributed by atoms with Gasteiger partial charge in [0.15, 0.2) is 0 Å². The monoisotopic (exact) mass is 212 g/mol. The van der Waals surface area contributed by atoms with Gasteiger partial charge in [-0.2, -0.15) is 0 Å². The van der Waals surface area contributed by atoms with Crippen molar-refractivity contribution in [2.24, 2.45) is 0 Å². The fourth-order valence-electron chi connectivity index (χ4n) is 3.00. The van der Waals surface area contributed by atoms with Crippen molar-refractivity contribution in [3.8, 4) is 0 Å². The zero-order valence-electron chi connectivity index (χ0n) is 10.3. The van der Waals surface area contributed by atoms with Crippen molar-refractivity contribution in [3.63, 3.8) is 0 Å². The van der Waals surface area contributed by atoms with Crippen molar-refractivity contribution in [3.05, 3.63) is 0 Å². The topological polar surface area (TPSA) is 24.5 Å². The van der Waals surface area contributed by atoms with Gasteiger partial charge in [0.1, 0.15) is 0 Å². The van der Waals surface area contributed by atoms with Gasteiger partial charge in [0.05, 0.1) is 6.10 Å². The van der Waals surface area contributed by atoms with E-state index in [0.717, 1.165) is 13.2 Å². The molecule has 0 aliphatic carbocycles. The Morgan fingerprint density at radius 2 is 2.20 bits per heavy atom. The van der Waals surface area contributed by atoms with Crippen LogP contribution in [0, 0.1) is 0 Å². The van der Waals surface area contributed by atoms with E-state index in [2.05, 4.69) is 31.1 Å². The second-order valence-corrected chi connectivity index (χ2v) is 5.36. The number of nitrogens with one attached hydrogen (secondary N) is 1. The zero-order chi connectivity index (χ0) is 10.9. The smallest absolute Gasteiger partial charge is 0.0703 e. The molecule has 2 unspecified atom stereocenters. The van der Waals surface area contributed by atoms with Crippen LogP contribution in [0.4, 0.5) is 0 Å². The summed E-state index contributed by atoms with van der Waals surface area (Å²) >= 11 is 0. The number of rotatable bonds is 3. The van der Waals surface area contributed by atoms with Crippen molar-refractivity contribution in [1.29, 1.82) is 0 Å². The van der Waals surface area contributed by atoms with Crippen molar-refractivity contribution in [1.82, 2.24) is 10.2 Å². The molecule has 2 atom stereocenters. The first-order chi connectivity index (χ1) is 7.14. The lowest BCUT2D eigenvalue weighted by atomic mass is 9.95. The average molecular weight is 212 g/mol. The summed E-state index contributed by atoms with van der Waals surface area (Å²) in [5.41, 5.74) is 0.278. The van der Waals surface area contributed by atoms with Crippen LogP contribution < -0.4 is 5.32 Å². The molecular formula is C12H24N2O. The van der Waals surface area contributed by atoms with E-state index in [9.17, 15) is 0 Å². The fraction of sp³-hybridized carbons (Fsp3) is 1.00. The molecule has 0 aromatic rings. The molecule has 1 N–H and O–H groups in total. The molecule has 0 aromatic heterocycles. The summed E-state index contributed by atoms with van der Waals surface area (Å²) in [6.07, 6.45) is 4.24. The predicted molar refractivity (Wildman–Crippen MR) is 62.1 cm³/mol. The quantitative estimate of drug-likeness (QED) is 0.762. The summed E-state index contributed by atoms with van der Waals surface area (Å²) in [6.45, 7) is 7.98. The fourth-order valence-corrected chi connectivity index (χ4v) is 3.00. The van der Waals surface area contributed by atoms with Crippen molar-refractivity contribution in [2.75, 3.05) is 26.7 Å². The van der Waals surface area contributed by atoms with E-state index >= 15 is 0 Å². The van der Waals surface area contributed by atoms with E-state index in [1.165, 1.54) is 25.8 Å². The Bertz CT molecular complexity index is 212. The molecule has 3 nitrogen and oxygen atoms in total. The van der Waals surface area contributed by atoms with Crippen LogP contribution in [0.25, 0.3) is 0 Å². The Labute approximate surface area is 93.2 Å². The molecule has 0 aromatic carbocycles. The van der Waals surface area contributed by atoms with Crippen LogP contribution in [0.15, 0.2) is 0 Å². The minimum absolute atomic E-state index is 0.278. The van der Waals surface area contributed by atoms with Crippen LogP contribution in [-0.2, 0) is 4.74 Å². The van der Waals surface area contributed by atoms with Crippen molar-refractivity contribution < 1.29 is 4.74 Å². The molecule has 3 heteroatoms. The normalized spacial score (nSPS) is 36.2. The molecule has 2 rings (SSSR count). The molecule has 0 spiro atoms. The molecule has 0 amide bonds. The Kier molecular flexibility index (Phi) is 3.33. The summed E-state index contributed by atoms with van der Waals surface area (Å²) < 4.78 is 5.72. The maximum absolute atomic E-state index is 5.72. The van der Waals surface area contributed by atoms with Gasteiger partial charge in [-0.05, 0) is 40.2 Å². The number of likely N-dealkylation sites (tertiary alicyclic amines) is 1. The average Bonchev–Trinajstić information content (AvgIpc) is 2.77. The summed E-state index contributed by atoms with van der Waals surface area (Å²) in [6, 6.07) is 0.624. The number of hydrogen-bond donors (Lipinski definition) is 1. The number of ether oxygens (including phenoxy) is 1. The van der Waals surface area contributed by atoms with Gasteiger partial charge < -0.3 is 10.1 Å². The van der Waals surface area contributed by atoms with Gasteiger partial charge in [-0.25, -0.2) is 0 Å². The lowest BCUT2D eigenvalue weighted by Gasteiger charge is -2.37. The third-order valence-electron chi connectivity index (χ3n) is 4.15. The Balaban J connectivity index is 1.92. The highest BCUT2D eigenvalue weighted by Gasteiger charge is 2.41. The van der Waals surface area contributed by atoms with Crippen LogP contribution in [0.2, 0.25) is 0 Å². The Morgan fingerprint density at radius 3 is 2.73 bits per heavy atom. The largest absolute Gasteiger partial charge is 0.377 e. The first-order valence-electron chi connectivity index (χ1n) is 6.18. The maximum atomic E-state index is 5.72. The van der Waals surface area contributed by atoms with Gasteiger partial charge in [0, 0.05) is 31.3 Å². The van der Waals surface area contributed by atoms with Crippen molar-refractivity contribution >= 4 is 0 Å². The van der Waals surface area contributed by atoms with Gasteiger partial charge in [-0.15, -0.1) is 0 Å².